The maximum absolute atomic E-state index is 13.1. The molecule has 33 heavy (non-hydrogen) atoms. The first-order chi connectivity index (χ1) is 15.7. The number of hydrogen-bond acceptors (Lipinski definition) is 8. The highest BCUT2D eigenvalue weighted by molar-refractivity contribution is 6.33. The van der Waals surface area contributed by atoms with Gasteiger partial charge in [0.25, 0.3) is 0 Å². The van der Waals surface area contributed by atoms with Gasteiger partial charge in [0.15, 0.2) is 0 Å². The molecule has 0 amide bonds. The van der Waals surface area contributed by atoms with E-state index in [1.165, 1.54) is 0 Å². The van der Waals surface area contributed by atoms with Gasteiger partial charge in [0, 0.05) is 32.4 Å². The molecule has 3 aromatic rings. The molecule has 1 fully saturated rings. The Morgan fingerprint density at radius 3 is 2.39 bits per heavy atom. The quantitative estimate of drug-likeness (QED) is 0.421. The minimum Gasteiger partial charge on any atom is -0.353 e. The third kappa shape index (κ3) is 4.90. The predicted molar refractivity (Wildman–Crippen MR) is 117 cm³/mol. The number of anilines is 4. The highest BCUT2D eigenvalue weighted by Gasteiger charge is 2.32. The van der Waals surface area contributed by atoms with E-state index in [4.69, 9.17) is 11.6 Å². The molecule has 1 saturated heterocycles. The Morgan fingerprint density at radius 2 is 1.76 bits per heavy atom. The van der Waals surface area contributed by atoms with Crippen molar-refractivity contribution in [3.63, 3.8) is 0 Å². The van der Waals surface area contributed by atoms with Gasteiger partial charge >= 0.3 is 11.9 Å². The lowest BCUT2D eigenvalue weighted by Crippen LogP contribution is -2.47. The van der Waals surface area contributed by atoms with Crippen molar-refractivity contribution >= 4 is 40.4 Å². The number of nitrogens with zero attached hydrogens (tertiary/aromatic N) is 6. The summed E-state index contributed by atoms with van der Waals surface area (Å²) in [6.45, 7) is 1.97. The fourth-order valence-corrected chi connectivity index (χ4v) is 3.64. The second kappa shape index (κ2) is 9.06. The van der Waals surface area contributed by atoms with Crippen molar-refractivity contribution in [2.24, 2.45) is 0 Å². The first-order valence-corrected chi connectivity index (χ1v) is 10.2. The van der Waals surface area contributed by atoms with Gasteiger partial charge < -0.3 is 15.1 Å². The molecule has 1 aliphatic rings. The molecule has 4 rings (SSSR count). The van der Waals surface area contributed by atoms with Crippen LogP contribution in [0.5, 0.6) is 0 Å². The molecule has 1 aromatic carbocycles. The summed E-state index contributed by atoms with van der Waals surface area (Å²) in [5.74, 6) is 0.621. The van der Waals surface area contributed by atoms with Gasteiger partial charge in [0.1, 0.15) is 12.1 Å². The van der Waals surface area contributed by atoms with Gasteiger partial charge in [-0.3, -0.25) is 10.1 Å². The second-order valence-corrected chi connectivity index (χ2v) is 7.54. The minimum absolute atomic E-state index is 0.0403. The third-order valence-corrected chi connectivity index (χ3v) is 5.41. The SMILES string of the molecule is O=[N+]([O-])c1c(Nc2cc(C(F)(F)F)ccc2Cl)ncnc1N1CCN(c2ccccn2)CC1. The molecule has 0 spiro atoms. The lowest BCUT2D eigenvalue weighted by molar-refractivity contribution is -0.383. The first-order valence-electron chi connectivity index (χ1n) is 9.78. The minimum atomic E-state index is -4.60. The molecule has 0 radical (unpaired) electrons. The Bertz CT molecular complexity index is 1160. The van der Waals surface area contributed by atoms with E-state index in [0.717, 1.165) is 30.3 Å². The Hall–Kier alpha value is -3.67. The van der Waals surface area contributed by atoms with Gasteiger partial charge in [-0.05, 0) is 30.3 Å². The van der Waals surface area contributed by atoms with Crippen LogP contribution < -0.4 is 15.1 Å². The summed E-state index contributed by atoms with van der Waals surface area (Å²) in [6, 6.07) is 8.24. The van der Waals surface area contributed by atoms with Crippen LogP contribution in [-0.2, 0) is 6.18 Å². The number of aromatic nitrogens is 3. The molecule has 13 heteroatoms. The Labute approximate surface area is 191 Å². The van der Waals surface area contributed by atoms with E-state index in [1.807, 2.05) is 23.1 Å². The Morgan fingerprint density at radius 1 is 1.03 bits per heavy atom. The van der Waals surface area contributed by atoms with Crippen LogP contribution in [0.4, 0.5) is 42.0 Å². The van der Waals surface area contributed by atoms with E-state index in [2.05, 4.69) is 20.3 Å². The molecule has 0 bridgehead atoms. The number of rotatable bonds is 5. The molecule has 0 atom stereocenters. The van der Waals surface area contributed by atoms with Crippen molar-refractivity contribution in [2.45, 2.75) is 6.18 Å². The lowest BCUT2D eigenvalue weighted by atomic mass is 10.2. The third-order valence-electron chi connectivity index (χ3n) is 5.08. The number of nitro groups is 1. The van der Waals surface area contributed by atoms with E-state index in [1.54, 1.807) is 11.1 Å². The number of hydrogen-bond donors (Lipinski definition) is 1. The van der Waals surface area contributed by atoms with Gasteiger partial charge in [0.2, 0.25) is 11.6 Å². The smallest absolute Gasteiger partial charge is 0.353 e. The molecule has 2 aromatic heterocycles. The molecule has 1 aliphatic heterocycles. The number of piperazine rings is 1. The molecule has 0 saturated carbocycles. The van der Waals surface area contributed by atoms with Crippen molar-refractivity contribution in [3.8, 4) is 0 Å². The number of nitrogens with one attached hydrogen (secondary N) is 1. The van der Waals surface area contributed by atoms with Crippen LogP contribution in [0.1, 0.15) is 5.56 Å². The summed E-state index contributed by atoms with van der Waals surface area (Å²) in [5.41, 5.74) is -1.55. The molecule has 1 N–H and O–H groups in total. The van der Waals surface area contributed by atoms with E-state index in [-0.39, 0.29) is 22.3 Å². The average Bonchev–Trinajstić information content (AvgIpc) is 2.80. The molecule has 3 heterocycles. The van der Waals surface area contributed by atoms with E-state index < -0.39 is 22.4 Å². The summed E-state index contributed by atoms with van der Waals surface area (Å²) < 4.78 is 39.3. The van der Waals surface area contributed by atoms with Crippen molar-refractivity contribution in [3.05, 3.63) is 69.6 Å². The zero-order valence-electron chi connectivity index (χ0n) is 17.0. The van der Waals surface area contributed by atoms with Crippen molar-refractivity contribution in [2.75, 3.05) is 41.3 Å². The standard InChI is InChI=1S/C20H17ClF3N7O2/c21-14-5-4-13(20(22,23)24)11-15(14)28-18-17(31(32)33)19(27-12-26-18)30-9-7-29(8-10-30)16-3-1-2-6-25-16/h1-6,11-12H,7-10H2,(H,26,27,28). The molecular weight excluding hydrogens is 463 g/mol. The number of benzene rings is 1. The van der Waals surface area contributed by atoms with Crippen molar-refractivity contribution in [1.29, 1.82) is 0 Å². The average molecular weight is 480 g/mol. The van der Waals surface area contributed by atoms with Crippen LogP contribution in [-0.4, -0.2) is 46.1 Å². The van der Waals surface area contributed by atoms with Gasteiger partial charge in [-0.2, -0.15) is 13.2 Å². The lowest BCUT2D eigenvalue weighted by Gasteiger charge is -2.35. The van der Waals surface area contributed by atoms with Crippen LogP contribution in [0.15, 0.2) is 48.9 Å². The topological polar surface area (TPSA) is 100 Å². The maximum atomic E-state index is 13.1. The second-order valence-electron chi connectivity index (χ2n) is 7.13. The van der Waals surface area contributed by atoms with Crippen LogP contribution in [0.2, 0.25) is 5.02 Å². The number of alkyl halides is 3. The van der Waals surface area contributed by atoms with Crippen LogP contribution in [0.3, 0.4) is 0 Å². The molecule has 0 aliphatic carbocycles. The maximum Gasteiger partial charge on any atom is 0.416 e. The van der Waals surface area contributed by atoms with Gasteiger partial charge in [-0.1, -0.05) is 17.7 Å². The van der Waals surface area contributed by atoms with Crippen LogP contribution in [0.25, 0.3) is 0 Å². The van der Waals surface area contributed by atoms with E-state index in [9.17, 15) is 23.3 Å². The van der Waals surface area contributed by atoms with Crippen LogP contribution in [0, 0.1) is 10.1 Å². The van der Waals surface area contributed by atoms with Gasteiger partial charge in [-0.25, -0.2) is 15.0 Å². The van der Waals surface area contributed by atoms with Crippen molar-refractivity contribution < 1.29 is 18.1 Å². The van der Waals surface area contributed by atoms with Crippen molar-refractivity contribution in [1.82, 2.24) is 15.0 Å². The molecule has 9 nitrogen and oxygen atoms in total. The molecule has 0 unspecified atom stereocenters. The normalized spacial score (nSPS) is 14.3. The zero-order chi connectivity index (χ0) is 23.6. The highest BCUT2D eigenvalue weighted by atomic mass is 35.5. The van der Waals surface area contributed by atoms with E-state index in [0.29, 0.717) is 26.2 Å². The fraction of sp³-hybridized carbons (Fsp3) is 0.250. The Kier molecular flexibility index (Phi) is 6.18. The number of halogens is 4. The van der Waals surface area contributed by atoms with Crippen LogP contribution >= 0.6 is 11.6 Å². The first kappa shape index (κ1) is 22.5. The summed E-state index contributed by atoms with van der Waals surface area (Å²) in [4.78, 5) is 27.3. The largest absolute Gasteiger partial charge is 0.416 e. The molecular formula is C20H17ClF3N7O2. The predicted octanol–water partition coefficient (Wildman–Crippen LogP) is 4.52. The van der Waals surface area contributed by atoms with Gasteiger partial charge in [-0.15, -0.1) is 0 Å². The highest BCUT2D eigenvalue weighted by Crippen LogP contribution is 2.38. The van der Waals surface area contributed by atoms with Gasteiger partial charge in [0.05, 0.1) is 21.2 Å². The molecule has 172 valence electrons. The monoisotopic (exact) mass is 479 g/mol. The summed E-state index contributed by atoms with van der Waals surface area (Å²) in [7, 11) is 0. The summed E-state index contributed by atoms with van der Waals surface area (Å²) in [6.07, 6.45) is -1.79. The summed E-state index contributed by atoms with van der Waals surface area (Å²) >= 11 is 6.03. The van der Waals surface area contributed by atoms with E-state index >= 15 is 0 Å². The number of pyridine rings is 1. The summed E-state index contributed by atoms with van der Waals surface area (Å²) in [5, 5.41) is 14.4. The zero-order valence-corrected chi connectivity index (χ0v) is 17.7. The Balaban J connectivity index is 1.61. The fourth-order valence-electron chi connectivity index (χ4n) is 3.47.